The van der Waals surface area contributed by atoms with Gasteiger partial charge in [0.2, 0.25) is 5.91 Å². The molecular weight excluding hydrogens is 426 g/mol. The molecular formula is C17H17BrClN3O4. The van der Waals surface area contributed by atoms with Crippen molar-refractivity contribution in [3.63, 3.8) is 0 Å². The smallest absolute Gasteiger partial charge is 0.269 e. The predicted molar refractivity (Wildman–Crippen MR) is 105 cm³/mol. The second-order valence-electron chi connectivity index (χ2n) is 5.36. The maximum Gasteiger partial charge on any atom is 0.269 e. The Bertz CT molecular complexity index is 845. The van der Waals surface area contributed by atoms with Crippen LogP contribution >= 0.6 is 27.5 Å². The molecule has 0 saturated carbocycles. The molecule has 7 nitrogen and oxygen atoms in total. The molecule has 0 spiro atoms. The number of carbonyl (C=O) groups is 1. The second kappa shape index (κ2) is 8.86. The third-order valence-electron chi connectivity index (χ3n) is 3.43. The van der Waals surface area contributed by atoms with Gasteiger partial charge < -0.3 is 15.4 Å². The van der Waals surface area contributed by atoms with Gasteiger partial charge in [0.1, 0.15) is 0 Å². The fourth-order valence-electron chi connectivity index (χ4n) is 2.25. The quantitative estimate of drug-likeness (QED) is 0.476. The number of nitro groups is 1. The first kappa shape index (κ1) is 20.0. The minimum absolute atomic E-state index is 0.0243. The van der Waals surface area contributed by atoms with Gasteiger partial charge in [0.05, 0.1) is 28.2 Å². The zero-order chi connectivity index (χ0) is 19.3. The number of ether oxygens (including phenoxy) is 1. The number of hydrogen-bond acceptors (Lipinski definition) is 5. The number of carbonyl (C=O) groups excluding carboxylic acids is 1. The number of amides is 1. The highest BCUT2D eigenvalue weighted by atomic mass is 79.9. The molecule has 0 atom stereocenters. The number of nitrogens with one attached hydrogen (secondary N) is 2. The highest BCUT2D eigenvalue weighted by Crippen LogP contribution is 2.36. The molecule has 0 radical (unpaired) electrons. The van der Waals surface area contributed by atoms with Crippen molar-refractivity contribution in [1.82, 2.24) is 0 Å². The minimum Gasteiger partial charge on any atom is -0.491 e. The summed E-state index contributed by atoms with van der Waals surface area (Å²) in [6, 6.07) is 7.63. The van der Waals surface area contributed by atoms with Gasteiger partial charge in [-0.2, -0.15) is 0 Å². The van der Waals surface area contributed by atoms with Crippen molar-refractivity contribution in [3.05, 3.63) is 55.5 Å². The first-order valence-corrected chi connectivity index (χ1v) is 8.89. The van der Waals surface area contributed by atoms with Crippen LogP contribution in [0.2, 0.25) is 5.02 Å². The van der Waals surface area contributed by atoms with Gasteiger partial charge in [-0.25, -0.2) is 0 Å². The molecule has 0 aliphatic carbocycles. The first-order valence-electron chi connectivity index (χ1n) is 7.72. The van der Waals surface area contributed by atoms with Crippen LogP contribution in [0.15, 0.2) is 34.8 Å². The van der Waals surface area contributed by atoms with E-state index in [0.29, 0.717) is 38.8 Å². The van der Waals surface area contributed by atoms with Crippen molar-refractivity contribution in [1.29, 1.82) is 0 Å². The zero-order valence-corrected chi connectivity index (χ0v) is 16.5. The molecule has 0 aromatic heterocycles. The van der Waals surface area contributed by atoms with Crippen LogP contribution in [-0.2, 0) is 4.79 Å². The molecule has 2 rings (SSSR count). The van der Waals surface area contributed by atoms with Gasteiger partial charge in [-0.05, 0) is 53.5 Å². The van der Waals surface area contributed by atoms with Gasteiger partial charge in [-0.1, -0.05) is 11.6 Å². The lowest BCUT2D eigenvalue weighted by Crippen LogP contribution is -2.22. The van der Waals surface area contributed by atoms with Crippen LogP contribution in [0, 0.1) is 17.0 Å². The highest BCUT2D eigenvalue weighted by Gasteiger charge is 2.13. The molecule has 1 amide bonds. The maximum absolute atomic E-state index is 12.2. The fraction of sp³-hybridized carbons (Fsp3) is 0.235. The molecule has 0 aliphatic heterocycles. The summed E-state index contributed by atoms with van der Waals surface area (Å²) in [5, 5.41) is 17.0. The van der Waals surface area contributed by atoms with Crippen molar-refractivity contribution in [3.8, 4) is 5.75 Å². The van der Waals surface area contributed by atoms with E-state index in [2.05, 4.69) is 26.6 Å². The van der Waals surface area contributed by atoms with Crippen LogP contribution in [0.1, 0.15) is 12.5 Å². The Morgan fingerprint density at radius 3 is 2.65 bits per heavy atom. The van der Waals surface area contributed by atoms with Crippen molar-refractivity contribution >= 4 is 50.5 Å². The lowest BCUT2D eigenvalue weighted by molar-refractivity contribution is -0.384. The number of rotatable bonds is 7. The van der Waals surface area contributed by atoms with Crippen LogP contribution in [0.25, 0.3) is 0 Å². The molecule has 0 fully saturated rings. The van der Waals surface area contributed by atoms with Crippen molar-refractivity contribution < 1.29 is 14.5 Å². The zero-order valence-electron chi connectivity index (χ0n) is 14.1. The van der Waals surface area contributed by atoms with Crippen molar-refractivity contribution in [2.45, 2.75) is 13.8 Å². The SMILES string of the molecule is CCOc1c(Br)cc(Cl)cc1NCC(=O)Nc1ccc([N+](=O)[O-])cc1C. The van der Waals surface area contributed by atoms with Gasteiger partial charge in [-0.3, -0.25) is 14.9 Å². The molecule has 0 heterocycles. The van der Waals surface area contributed by atoms with E-state index in [1.54, 1.807) is 19.1 Å². The van der Waals surface area contributed by atoms with Crippen LogP contribution in [0.3, 0.4) is 0 Å². The number of aryl methyl sites for hydroxylation is 1. The third-order valence-corrected chi connectivity index (χ3v) is 4.24. The van der Waals surface area contributed by atoms with E-state index in [4.69, 9.17) is 16.3 Å². The molecule has 9 heteroatoms. The number of nitro benzene ring substituents is 1. The van der Waals surface area contributed by atoms with Crippen molar-refractivity contribution in [2.24, 2.45) is 0 Å². The number of anilines is 2. The molecule has 0 saturated heterocycles. The van der Waals surface area contributed by atoms with Crippen LogP contribution in [-0.4, -0.2) is 24.0 Å². The Morgan fingerprint density at radius 1 is 1.31 bits per heavy atom. The number of benzene rings is 2. The predicted octanol–water partition coefficient (Wildman–Crippen LogP) is 4.77. The van der Waals surface area contributed by atoms with Gasteiger partial charge in [-0.15, -0.1) is 0 Å². The Morgan fingerprint density at radius 2 is 2.04 bits per heavy atom. The summed E-state index contributed by atoms with van der Waals surface area (Å²) in [6.45, 7) is 3.98. The summed E-state index contributed by atoms with van der Waals surface area (Å²) < 4.78 is 6.25. The van der Waals surface area contributed by atoms with Gasteiger partial charge in [0.25, 0.3) is 5.69 Å². The summed E-state index contributed by atoms with van der Waals surface area (Å²) in [4.78, 5) is 22.5. The molecule has 2 aromatic rings. The first-order chi connectivity index (χ1) is 12.3. The van der Waals surface area contributed by atoms with E-state index < -0.39 is 4.92 Å². The number of hydrogen-bond donors (Lipinski definition) is 2. The lowest BCUT2D eigenvalue weighted by Gasteiger charge is -2.15. The molecule has 2 N–H and O–H groups in total. The van der Waals surface area contributed by atoms with Gasteiger partial charge >= 0.3 is 0 Å². The van der Waals surface area contributed by atoms with Gasteiger partial charge in [0.15, 0.2) is 5.75 Å². The van der Waals surface area contributed by atoms with Crippen molar-refractivity contribution in [2.75, 3.05) is 23.8 Å². The summed E-state index contributed by atoms with van der Waals surface area (Å²) in [6.07, 6.45) is 0. The normalized spacial score (nSPS) is 10.3. The van der Waals surface area contributed by atoms with E-state index in [9.17, 15) is 14.9 Å². The number of nitrogens with zero attached hydrogens (tertiary/aromatic N) is 1. The summed E-state index contributed by atoms with van der Waals surface area (Å²) in [7, 11) is 0. The van der Waals surface area contributed by atoms with E-state index >= 15 is 0 Å². The molecule has 0 aliphatic rings. The standard InChI is InChI=1S/C17H17BrClN3O4/c1-3-26-17-13(18)7-11(19)8-15(17)20-9-16(23)21-14-5-4-12(22(24)25)6-10(14)2/h4-8,20H,3,9H2,1-2H3,(H,21,23). The molecule has 0 bridgehead atoms. The number of halogens is 2. The van der Waals surface area contributed by atoms with Crippen LogP contribution in [0.5, 0.6) is 5.75 Å². The Balaban J connectivity index is 2.07. The second-order valence-corrected chi connectivity index (χ2v) is 6.65. The molecule has 2 aromatic carbocycles. The van der Waals surface area contributed by atoms with Crippen LogP contribution in [0.4, 0.5) is 17.1 Å². The Kier molecular flexibility index (Phi) is 6.82. The average molecular weight is 443 g/mol. The summed E-state index contributed by atoms with van der Waals surface area (Å²) in [5.41, 5.74) is 1.68. The van der Waals surface area contributed by atoms with E-state index in [1.807, 2.05) is 6.92 Å². The molecule has 26 heavy (non-hydrogen) atoms. The molecule has 0 unspecified atom stereocenters. The molecule has 138 valence electrons. The number of non-ortho nitro benzene ring substituents is 1. The summed E-state index contributed by atoms with van der Waals surface area (Å²) >= 11 is 9.43. The topological polar surface area (TPSA) is 93.5 Å². The average Bonchev–Trinajstić information content (AvgIpc) is 2.57. The largest absolute Gasteiger partial charge is 0.491 e. The van der Waals surface area contributed by atoms with Gasteiger partial charge in [0, 0.05) is 22.8 Å². The minimum atomic E-state index is -0.480. The van der Waals surface area contributed by atoms with Crippen LogP contribution < -0.4 is 15.4 Å². The lowest BCUT2D eigenvalue weighted by atomic mass is 10.2. The van der Waals surface area contributed by atoms with E-state index in [1.165, 1.54) is 18.2 Å². The monoisotopic (exact) mass is 441 g/mol. The highest BCUT2D eigenvalue weighted by molar-refractivity contribution is 9.10. The Hall–Kier alpha value is -2.32. The summed E-state index contributed by atoms with van der Waals surface area (Å²) in [5.74, 6) is 0.261. The Labute approximate surface area is 164 Å². The fourth-order valence-corrected chi connectivity index (χ4v) is 3.18. The van der Waals surface area contributed by atoms with E-state index in [0.717, 1.165) is 0 Å². The van der Waals surface area contributed by atoms with E-state index in [-0.39, 0.29) is 18.1 Å². The third kappa shape index (κ3) is 5.09. The maximum atomic E-state index is 12.2.